The molecule has 9 heteroatoms. The van der Waals surface area contributed by atoms with Gasteiger partial charge >= 0.3 is 0 Å². The van der Waals surface area contributed by atoms with E-state index in [2.05, 4.69) is 25.7 Å². The molecule has 25 heavy (non-hydrogen) atoms. The van der Waals surface area contributed by atoms with E-state index in [-0.39, 0.29) is 11.7 Å². The second kappa shape index (κ2) is 8.43. The zero-order valence-electron chi connectivity index (χ0n) is 13.8. The molecule has 2 aromatic heterocycles. The quantitative estimate of drug-likeness (QED) is 0.605. The molecular weight excluding hydrogens is 340 g/mol. The molecule has 0 radical (unpaired) electrons. The maximum Gasteiger partial charge on any atom is 0.230 e. The highest BCUT2D eigenvalue weighted by Crippen LogP contribution is 2.12. The van der Waals surface area contributed by atoms with Crippen LogP contribution in [0.2, 0.25) is 0 Å². The third-order valence-corrected chi connectivity index (χ3v) is 4.41. The molecule has 3 rings (SSSR count). The van der Waals surface area contributed by atoms with Crippen LogP contribution in [0, 0.1) is 0 Å². The molecule has 0 aliphatic rings. The topological polar surface area (TPSA) is 98.7 Å². The third kappa shape index (κ3) is 5.15. The van der Waals surface area contributed by atoms with Gasteiger partial charge in [0.25, 0.3) is 0 Å². The second-order valence-electron chi connectivity index (χ2n) is 5.38. The maximum atomic E-state index is 11.8. The van der Waals surface area contributed by atoms with Crippen LogP contribution < -0.4 is 5.32 Å². The van der Waals surface area contributed by atoms with Crippen LogP contribution in [-0.2, 0) is 24.7 Å². The minimum Gasteiger partial charge on any atom is -0.355 e. The Bertz CT molecular complexity index is 817. The molecule has 0 spiro atoms. The van der Waals surface area contributed by atoms with E-state index in [4.69, 9.17) is 4.52 Å². The summed E-state index contributed by atoms with van der Waals surface area (Å²) in [6.07, 6.45) is 2.73. The molecule has 0 saturated carbocycles. The summed E-state index contributed by atoms with van der Waals surface area (Å²) in [5.41, 5.74) is 1.13. The summed E-state index contributed by atoms with van der Waals surface area (Å²) in [6, 6.07) is 9.96. The van der Waals surface area contributed by atoms with Gasteiger partial charge in [0.1, 0.15) is 6.33 Å². The smallest absolute Gasteiger partial charge is 0.230 e. The van der Waals surface area contributed by atoms with Crippen molar-refractivity contribution in [3.8, 4) is 0 Å². The lowest BCUT2D eigenvalue weighted by Gasteiger charge is -2.02. The average Bonchev–Trinajstić information content (AvgIpc) is 3.23. The van der Waals surface area contributed by atoms with Crippen molar-refractivity contribution in [1.29, 1.82) is 0 Å². The lowest BCUT2D eigenvalue weighted by molar-refractivity contribution is -0.118. The normalized spacial score (nSPS) is 10.8. The van der Waals surface area contributed by atoms with Gasteiger partial charge in [0.05, 0.1) is 5.75 Å². The van der Waals surface area contributed by atoms with E-state index in [1.165, 1.54) is 11.8 Å². The molecule has 0 aliphatic heterocycles. The van der Waals surface area contributed by atoms with Crippen molar-refractivity contribution in [1.82, 2.24) is 30.2 Å². The second-order valence-corrected chi connectivity index (χ2v) is 6.32. The minimum atomic E-state index is -0.0722. The number of nitrogens with zero attached hydrogens (tertiary/aromatic N) is 5. The highest BCUT2D eigenvalue weighted by molar-refractivity contribution is 7.99. The number of hydrogen-bond acceptors (Lipinski definition) is 7. The summed E-state index contributed by atoms with van der Waals surface area (Å²) < 4.78 is 6.98. The van der Waals surface area contributed by atoms with Crippen molar-refractivity contribution in [3.05, 3.63) is 53.9 Å². The summed E-state index contributed by atoms with van der Waals surface area (Å²) >= 11 is 1.34. The maximum absolute atomic E-state index is 11.8. The van der Waals surface area contributed by atoms with Crippen molar-refractivity contribution in [2.24, 2.45) is 7.05 Å². The first-order valence-electron chi connectivity index (χ1n) is 7.79. The Labute approximate surface area is 149 Å². The minimum absolute atomic E-state index is 0.0722. The van der Waals surface area contributed by atoms with Crippen molar-refractivity contribution in [2.45, 2.75) is 18.0 Å². The molecule has 2 heterocycles. The van der Waals surface area contributed by atoms with E-state index in [0.717, 1.165) is 5.56 Å². The number of carbonyl (C=O) groups excluding carboxylic acids is 1. The van der Waals surface area contributed by atoms with Crippen LogP contribution in [0.5, 0.6) is 0 Å². The fourth-order valence-corrected chi connectivity index (χ4v) is 2.85. The molecule has 0 bridgehead atoms. The fourth-order valence-electron chi connectivity index (χ4n) is 2.14. The van der Waals surface area contributed by atoms with E-state index in [0.29, 0.717) is 36.3 Å². The van der Waals surface area contributed by atoms with E-state index in [1.54, 1.807) is 10.9 Å². The van der Waals surface area contributed by atoms with Gasteiger partial charge in [0.2, 0.25) is 11.8 Å². The number of hydrogen-bond donors (Lipinski definition) is 1. The van der Waals surface area contributed by atoms with Crippen LogP contribution in [0.3, 0.4) is 0 Å². The monoisotopic (exact) mass is 358 g/mol. The summed E-state index contributed by atoms with van der Waals surface area (Å²) in [4.78, 5) is 16.2. The first kappa shape index (κ1) is 17.2. The molecular formula is C16H18N6O2S. The lowest BCUT2D eigenvalue weighted by Crippen LogP contribution is -2.27. The number of nitrogens with one attached hydrogen (secondary N) is 1. The Morgan fingerprint density at radius 3 is 2.92 bits per heavy atom. The molecule has 3 aromatic rings. The third-order valence-electron chi connectivity index (χ3n) is 3.38. The number of amides is 1. The molecule has 0 saturated heterocycles. The zero-order chi connectivity index (χ0) is 17.5. The van der Waals surface area contributed by atoms with Crippen molar-refractivity contribution in [3.63, 3.8) is 0 Å². The first-order valence-corrected chi connectivity index (χ1v) is 8.78. The van der Waals surface area contributed by atoms with Gasteiger partial charge < -0.3 is 14.4 Å². The van der Waals surface area contributed by atoms with Crippen molar-refractivity contribution < 1.29 is 9.32 Å². The van der Waals surface area contributed by atoms with Gasteiger partial charge in [0.15, 0.2) is 11.0 Å². The number of aromatic nitrogens is 5. The number of aryl methyl sites for hydroxylation is 1. The summed E-state index contributed by atoms with van der Waals surface area (Å²) in [5, 5.41) is 15.2. The van der Waals surface area contributed by atoms with Gasteiger partial charge in [-0.05, 0) is 5.56 Å². The van der Waals surface area contributed by atoms with Crippen LogP contribution in [0.25, 0.3) is 0 Å². The predicted octanol–water partition coefficient (Wildman–Crippen LogP) is 1.24. The summed E-state index contributed by atoms with van der Waals surface area (Å²) in [6.45, 7) is 0.450. The van der Waals surface area contributed by atoms with Gasteiger partial charge in [-0.25, -0.2) is 0 Å². The molecule has 1 aromatic carbocycles. The highest BCUT2D eigenvalue weighted by Gasteiger charge is 2.09. The van der Waals surface area contributed by atoms with E-state index >= 15 is 0 Å². The lowest BCUT2D eigenvalue weighted by atomic mass is 10.1. The van der Waals surface area contributed by atoms with Crippen LogP contribution >= 0.6 is 11.8 Å². The fraction of sp³-hybridized carbons (Fsp3) is 0.312. The van der Waals surface area contributed by atoms with E-state index < -0.39 is 0 Å². The molecule has 0 fully saturated rings. The SMILES string of the molecule is Cn1cnnc1SCC(=O)NCCc1nc(Cc2ccccc2)no1. The Hall–Kier alpha value is -2.68. The highest BCUT2D eigenvalue weighted by atomic mass is 32.2. The van der Waals surface area contributed by atoms with Gasteiger partial charge in [-0.15, -0.1) is 10.2 Å². The van der Waals surface area contributed by atoms with Gasteiger partial charge in [0, 0.05) is 26.4 Å². The Kier molecular flexibility index (Phi) is 5.78. The number of thioether (sulfide) groups is 1. The summed E-state index contributed by atoms with van der Waals surface area (Å²) in [7, 11) is 1.84. The molecule has 0 aliphatic carbocycles. The molecule has 130 valence electrons. The van der Waals surface area contributed by atoms with Crippen LogP contribution in [0.4, 0.5) is 0 Å². The molecule has 0 unspecified atom stereocenters. The van der Waals surface area contributed by atoms with E-state index in [9.17, 15) is 4.79 Å². The molecule has 8 nitrogen and oxygen atoms in total. The van der Waals surface area contributed by atoms with Crippen LogP contribution in [0.1, 0.15) is 17.3 Å². The van der Waals surface area contributed by atoms with E-state index in [1.807, 2.05) is 37.4 Å². The Morgan fingerprint density at radius 2 is 2.16 bits per heavy atom. The van der Waals surface area contributed by atoms with Crippen molar-refractivity contribution in [2.75, 3.05) is 12.3 Å². The number of rotatable bonds is 8. The van der Waals surface area contributed by atoms with Gasteiger partial charge in [-0.2, -0.15) is 4.98 Å². The predicted molar refractivity (Wildman–Crippen MR) is 92.0 cm³/mol. The van der Waals surface area contributed by atoms with Crippen LogP contribution in [-0.4, -0.2) is 43.1 Å². The largest absolute Gasteiger partial charge is 0.355 e. The Balaban J connectivity index is 1.39. The number of carbonyl (C=O) groups is 1. The molecule has 0 atom stereocenters. The first-order chi connectivity index (χ1) is 12.2. The van der Waals surface area contributed by atoms with Crippen molar-refractivity contribution >= 4 is 17.7 Å². The molecule has 1 amide bonds. The summed E-state index contributed by atoms with van der Waals surface area (Å²) in [5.74, 6) is 1.38. The van der Waals surface area contributed by atoms with Crippen LogP contribution in [0.15, 0.2) is 46.3 Å². The number of benzene rings is 1. The van der Waals surface area contributed by atoms with Gasteiger partial charge in [-0.1, -0.05) is 47.3 Å². The Morgan fingerprint density at radius 1 is 1.32 bits per heavy atom. The standard InChI is InChI=1S/C16H18N6O2S/c1-22-11-18-20-16(22)25-10-14(23)17-8-7-15-19-13(21-24-15)9-12-5-3-2-4-6-12/h2-6,11H,7-10H2,1H3,(H,17,23). The molecule has 1 N–H and O–H groups in total. The van der Waals surface area contributed by atoms with Gasteiger partial charge in [-0.3, -0.25) is 4.79 Å². The average molecular weight is 358 g/mol. The zero-order valence-corrected chi connectivity index (χ0v) is 14.6.